The second-order valence-corrected chi connectivity index (χ2v) is 15.8. The van der Waals surface area contributed by atoms with Crippen molar-refractivity contribution in [3.8, 4) is 0 Å². The number of hydrogen-bond acceptors (Lipinski definition) is 0. The van der Waals surface area contributed by atoms with E-state index in [1.54, 1.807) is 50.3 Å². The van der Waals surface area contributed by atoms with Crippen LogP contribution < -0.4 is 0 Å². The summed E-state index contributed by atoms with van der Waals surface area (Å²) in [6.07, 6.45) is 42.1. The summed E-state index contributed by atoms with van der Waals surface area (Å²) in [6.45, 7) is 9.41. The van der Waals surface area contributed by atoms with Gasteiger partial charge in [0, 0.05) is 7.26 Å². The molecule has 0 amide bonds. The minimum absolute atomic E-state index is 0. The number of unbranched alkanes of at least 4 members (excludes halogenated alkanes) is 20. The van der Waals surface area contributed by atoms with E-state index < -0.39 is 7.26 Å². The SMILES string of the molecule is CCCCCCCCCCCCCC[P+](CCCCCC)(CCCCCC)CCCCCC.Cl. The van der Waals surface area contributed by atoms with E-state index in [4.69, 9.17) is 0 Å². The van der Waals surface area contributed by atoms with Gasteiger partial charge in [-0.15, -0.1) is 12.4 Å². The third kappa shape index (κ3) is 24.4. The molecule has 0 saturated carbocycles. The van der Waals surface area contributed by atoms with Crippen LogP contribution in [0.4, 0.5) is 0 Å². The van der Waals surface area contributed by atoms with Crippen LogP contribution in [-0.2, 0) is 0 Å². The van der Waals surface area contributed by atoms with Gasteiger partial charge in [0.25, 0.3) is 0 Å². The number of rotatable bonds is 28. The summed E-state index contributed by atoms with van der Waals surface area (Å²) < 4.78 is 0. The van der Waals surface area contributed by atoms with Gasteiger partial charge in [0.15, 0.2) is 0 Å². The summed E-state index contributed by atoms with van der Waals surface area (Å²) in [7, 11) is -0.697. The van der Waals surface area contributed by atoms with Gasteiger partial charge in [-0.3, -0.25) is 0 Å². The molecular weight excluding hydrogens is 451 g/mol. The Kier molecular flexibility index (Phi) is 32.5. The van der Waals surface area contributed by atoms with Crippen molar-refractivity contribution in [2.24, 2.45) is 0 Å². The van der Waals surface area contributed by atoms with Crippen LogP contribution in [0.1, 0.15) is 182 Å². The van der Waals surface area contributed by atoms with Crippen molar-refractivity contribution in [2.75, 3.05) is 24.6 Å². The molecule has 0 heterocycles. The van der Waals surface area contributed by atoms with E-state index in [0.717, 1.165) is 0 Å². The quantitative estimate of drug-likeness (QED) is 0.0711. The minimum atomic E-state index is -0.697. The predicted octanol–water partition coefficient (Wildman–Crippen LogP) is 12.9. The van der Waals surface area contributed by atoms with Gasteiger partial charge < -0.3 is 0 Å². The molecular formula is C32H69ClP+. The van der Waals surface area contributed by atoms with Gasteiger partial charge in [-0.2, -0.15) is 0 Å². The van der Waals surface area contributed by atoms with Crippen molar-refractivity contribution in [1.82, 2.24) is 0 Å². The molecule has 0 rings (SSSR count). The summed E-state index contributed by atoms with van der Waals surface area (Å²) in [4.78, 5) is 0. The first-order valence-electron chi connectivity index (χ1n) is 16.1. The second kappa shape index (κ2) is 29.9. The molecule has 0 fully saturated rings. The molecule has 0 spiro atoms. The van der Waals surface area contributed by atoms with Crippen LogP contribution >= 0.6 is 19.7 Å². The molecule has 0 nitrogen and oxygen atoms in total. The fraction of sp³-hybridized carbons (Fsp3) is 1.00. The molecule has 0 aliphatic heterocycles. The van der Waals surface area contributed by atoms with E-state index in [-0.39, 0.29) is 12.4 Å². The number of hydrogen-bond donors (Lipinski definition) is 0. The molecule has 0 aliphatic rings. The fourth-order valence-corrected chi connectivity index (χ4v) is 10.5. The Morgan fingerprint density at radius 3 is 0.676 bits per heavy atom. The molecule has 0 aliphatic carbocycles. The standard InChI is InChI=1S/C32H68P.ClH/c1-5-9-13-17-18-19-20-21-22-23-24-28-32-33(29-25-14-10-6-2,30-26-15-11-7-3)31-27-16-12-8-4;/h5-32H2,1-4H3;1H/q+1;. The van der Waals surface area contributed by atoms with Crippen molar-refractivity contribution in [3.63, 3.8) is 0 Å². The van der Waals surface area contributed by atoms with Crippen molar-refractivity contribution in [3.05, 3.63) is 0 Å². The average molecular weight is 520 g/mol. The molecule has 0 bridgehead atoms. The molecule has 0 aromatic rings. The van der Waals surface area contributed by atoms with Crippen molar-refractivity contribution in [1.29, 1.82) is 0 Å². The first-order chi connectivity index (χ1) is 16.2. The van der Waals surface area contributed by atoms with E-state index in [0.29, 0.717) is 0 Å². The highest BCUT2D eigenvalue weighted by Crippen LogP contribution is 2.61. The maximum atomic E-state index is 2.37. The lowest BCUT2D eigenvalue weighted by molar-refractivity contribution is 0.548. The topological polar surface area (TPSA) is 0 Å². The normalized spacial score (nSPS) is 11.6. The largest absolute Gasteiger partial charge is 0.147 e. The van der Waals surface area contributed by atoms with Crippen molar-refractivity contribution in [2.45, 2.75) is 182 Å². The van der Waals surface area contributed by atoms with Crippen LogP contribution in [0.15, 0.2) is 0 Å². The predicted molar refractivity (Wildman–Crippen MR) is 167 cm³/mol. The molecule has 0 saturated heterocycles. The summed E-state index contributed by atoms with van der Waals surface area (Å²) in [5, 5.41) is 0. The first-order valence-corrected chi connectivity index (χ1v) is 18.6. The first kappa shape index (κ1) is 36.9. The highest BCUT2D eigenvalue weighted by molar-refractivity contribution is 7.75. The zero-order valence-electron chi connectivity index (χ0n) is 24.7. The zero-order chi connectivity index (χ0) is 24.3. The molecule has 0 aromatic heterocycles. The molecule has 208 valence electrons. The summed E-state index contributed by atoms with van der Waals surface area (Å²) >= 11 is 0. The lowest BCUT2D eigenvalue weighted by Crippen LogP contribution is -2.13. The molecule has 34 heavy (non-hydrogen) atoms. The molecule has 0 aromatic carbocycles. The average Bonchev–Trinajstić information content (AvgIpc) is 2.83. The van der Waals surface area contributed by atoms with E-state index in [1.165, 1.54) is 128 Å². The van der Waals surface area contributed by atoms with Crippen LogP contribution in [0.3, 0.4) is 0 Å². The Balaban J connectivity index is 0. The Bertz CT molecular complexity index is 326. The van der Waals surface area contributed by atoms with Gasteiger partial charge >= 0.3 is 0 Å². The van der Waals surface area contributed by atoms with Crippen molar-refractivity contribution < 1.29 is 0 Å². The zero-order valence-corrected chi connectivity index (χ0v) is 26.4. The van der Waals surface area contributed by atoms with E-state index >= 15 is 0 Å². The summed E-state index contributed by atoms with van der Waals surface area (Å²) in [5.74, 6) is 0. The smallest absolute Gasteiger partial charge is 0.0594 e. The molecule has 0 radical (unpaired) electrons. The van der Waals surface area contributed by atoms with Gasteiger partial charge in [0.2, 0.25) is 0 Å². The molecule has 2 heteroatoms. The van der Waals surface area contributed by atoms with Crippen LogP contribution in [-0.4, -0.2) is 24.6 Å². The highest BCUT2D eigenvalue weighted by atomic mass is 35.5. The minimum Gasteiger partial charge on any atom is -0.147 e. The Morgan fingerprint density at radius 1 is 0.265 bits per heavy atom. The van der Waals surface area contributed by atoms with Gasteiger partial charge in [-0.1, -0.05) is 130 Å². The van der Waals surface area contributed by atoms with Gasteiger partial charge in [-0.05, 0) is 51.4 Å². The summed E-state index contributed by atoms with van der Waals surface area (Å²) in [6, 6.07) is 0. The highest BCUT2D eigenvalue weighted by Gasteiger charge is 2.34. The van der Waals surface area contributed by atoms with E-state index in [1.807, 2.05) is 0 Å². The van der Waals surface area contributed by atoms with E-state index in [9.17, 15) is 0 Å². The van der Waals surface area contributed by atoms with Crippen LogP contribution in [0, 0.1) is 0 Å². The van der Waals surface area contributed by atoms with Crippen LogP contribution in [0.25, 0.3) is 0 Å². The maximum Gasteiger partial charge on any atom is 0.0594 e. The molecule has 0 unspecified atom stereocenters. The van der Waals surface area contributed by atoms with Crippen LogP contribution in [0.2, 0.25) is 0 Å². The Labute approximate surface area is 225 Å². The van der Waals surface area contributed by atoms with Gasteiger partial charge in [0.1, 0.15) is 0 Å². The van der Waals surface area contributed by atoms with Gasteiger partial charge in [0.05, 0.1) is 24.6 Å². The van der Waals surface area contributed by atoms with Gasteiger partial charge in [-0.25, -0.2) is 0 Å². The summed E-state index contributed by atoms with van der Waals surface area (Å²) in [5.41, 5.74) is 0. The number of halogens is 1. The lowest BCUT2D eigenvalue weighted by Gasteiger charge is -2.28. The maximum absolute atomic E-state index is 2.37. The fourth-order valence-electron chi connectivity index (χ4n) is 5.58. The van der Waals surface area contributed by atoms with E-state index in [2.05, 4.69) is 27.7 Å². The van der Waals surface area contributed by atoms with Crippen LogP contribution in [0.5, 0.6) is 0 Å². The third-order valence-corrected chi connectivity index (χ3v) is 13.0. The third-order valence-electron chi connectivity index (χ3n) is 7.94. The Hall–Kier alpha value is 0.720. The molecule has 0 atom stereocenters. The lowest BCUT2D eigenvalue weighted by atomic mass is 10.1. The van der Waals surface area contributed by atoms with Crippen molar-refractivity contribution >= 4 is 19.7 Å². The Morgan fingerprint density at radius 2 is 0.441 bits per heavy atom. The molecule has 0 N–H and O–H groups in total. The second-order valence-electron chi connectivity index (χ2n) is 11.3. The monoisotopic (exact) mass is 519 g/mol.